The van der Waals surface area contributed by atoms with Gasteiger partial charge in [-0.25, -0.2) is 14.0 Å². The zero-order valence-electron chi connectivity index (χ0n) is 9.85. The van der Waals surface area contributed by atoms with Crippen LogP contribution in [-0.2, 0) is 13.6 Å². The highest BCUT2D eigenvalue weighted by Gasteiger charge is 2.13. The molecule has 0 saturated heterocycles. The van der Waals surface area contributed by atoms with Gasteiger partial charge >= 0.3 is 11.7 Å². The molecule has 0 spiro atoms. The van der Waals surface area contributed by atoms with Crippen molar-refractivity contribution in [1.29, 1.82) is 0 Å². The summed E-state index contributed by atoms with van der Waals surface area (Å²) >= 11 is 9.47. The fraction of sp³-hybridized carbons (Fsp3) is 0.273. The smallest absolute Gasteiger partial charge is 0.348 e. The third-order valence-electron chi connectivity index (χ3n) is 2.49. The first-order chi connectivity index (χ1) is 8.52. The Morgan fingerprint density at radius 1 is 1.50 bits per heavy atom. The van der Waals surface area contributed by atoms with Crippen molar-refractivity contribution in [2.75, 3.05) is 7.11 Å². The molecule has 2 aromatic rings. The lowest BCUT2D eigenvalue weighted by molar-refractivity contribution is 0.357. The van der Waals surface area contributed by atoms with Crippen LogP contribution in [0.1, 0.15) is 5.56 Å². The zero-order valence-corrected chi connectivity index (χ0v) is 12.2. The third kappa shape index (κ3) is 2.44. The van der Waals surface area contributed by atoms with Crippen molar-refractivity contribution < 1.29 is 4.74 Å². The second-order valence-corrected chi connectivity index (χ2v) is 5.04. The van der Waals surface area contributed by atoms with Crippen LogP contribution in [0.5, 0.6) is 6.01 Å². The predicted octanol–water partition coefficient (Wildman–Crippen LogP) is 2.05. The van der Waals surface area contributed by atoms with Gasteiger partial charge in [0.25, 0.3) is 0 Å². The SMILES string of the molecule is COc1nn(C)c(=O)n1Cc1cc(Br)ccc1Cl. The summed E-state index contributed by atoms with van der Waals surface area (Å²) in [6.07, 6.45) is 0. The van der Waals surface area contributed by atoms with Gasteiger partial charge in [0.05, 0.1) is 13.7 Å². The van der Waals surface area contributed by atoms with Crippen molar-refractivity contribution in [2.24, 2.45) is 7.05 Å². The van der Waals surface area contributed by atoms with Gasteiger partial charge in [0.2, 0.25) is 0 Å². The summed E-state index contributed by atoms with van der Waals surface area (Å²) in [4.78, 5) is 11.9. The fourth-order valence-electron chi connectivity index (χ4n) is 1.60. The van der Waals surface area contributed by atoms with E-state index < -0.39 is 0 Å². The average molecular weight is 333 g/mol. The number of hydrogen-bond acceptors (Lipinski definition) is 3. The molecule has 5 nitrogen and oxygen atoms in total. The molecule has 0 aliphatic heterocycles. The maximum atomic E-state index is 11.9. The molecule has 0 atom stereocenters. The van der Waals surface area contributed by atoms with Crippen molar-refractivity contribution in [3.63, 3.8) is 0 Å². The molecule has 0 radical (unpaired) electrons. The molecular weight excluding hydrogens is 321 g/mol. The van der Waals surface area contributed by atoms with E-state index >= 15 is 0 Å². The first-order valence-corrected chi connectivity index (χ1v) is 6.31. The normalized spacial score (nSPS) is 10.7. The van der Waals surface area contributed by atoms with Crippen molar-refractivity contribution in [2.45, 2.75) is 6.54 Å². The van der Waals surface area contributed by atoms with E-state index in [0.29, 0.717) is 11.6 Å². The van der Waals surface area contributed by atoms with Crippen molar-refractivity contribution in [3.8, 4) is 6.01 Å². The quantitative estimate of drug-likeness (QED) is 0.864. The molecule has 2 rings (SSSR count). The maximum absolute atomic E-state index is 11.9. The van der Waals surface area contributed by atoms with Gasteiger partial charge < -0.3 is 4.74 Å². The van der Waals surface area contributed by atoms with Crippen LogP contribution in [0.2, 0.25) is 5.02 Å². The molecule has 0 bridgehead atoms. The Morgan fingerprint density at radius 2 is 2.22 bits per heavy atom. The first-order valence-electron chi connectivity index (χ1n) is 5.14. The summed E-state index contributed by atoms with van der Waals surface area (Å²) in [5, 5.41) is 4.56. The van der Waals surface area contributed by atoms with Gasteiger partial charge in [-0.05, 0) is 23.8 Å². The first kappa shape index (κ1) is 13.2. The number of hydrogen-bond donors (Lipinski definition) is 0. The number of ether oxygens (including phenoxy) is 1. The Bertz CT molecular complexity index is 636. The monoisotopic (exact) mass is 331 g/mol. The Hall–Kier alpha value is -1.27. The molecule has 0 N–H and O–H groups in total. The molecule has 0 saturated carbocycles. The van der Waals surface area contributed by atoms with E-state index in [4.69, 9.17) is 16.3 Å². The Balaban J connectivity index is 2.45. The highest BCUT2D eigenvalue weighted by molar-refractivity contribution is 9.10. The van der Waals surface area contributed by atoms with Crippen LogP contribution in [0.15, 0.2) is 27.5 Å². The van der Waals surface area contributed by atoms with Crippen LogP contribution in [0.3, 0.4) is 0 Å². The molecule has 1 heterocycles. The van der Waals surface area contributed by atoms with Crippen LogP contribution in [0.4, 0.5) is 0 Å². The summed E-state index contributed by atoms with van der Waals surface area (Å²) < 4.78 is 8.62. The number of aryl methyl sites for hydroxylation is 1. The molecule has 1 aromatic carbocycles. The summed E-state index contributed by atoms with van der Waals surface area (Å²) in [7, 11) is 3.05. The molecule has 0 aliphatic rings. The lowest BCUT2D eigenvalue weighted by atomic mass is 10.2. The van der Waals surface area contributed by atoms with E-state index in [0.717, 1.165) is 10.0 Å². The second-order valence-electron chi connectivity index (χ2n) is 3.71. The number of rotatable bonds is 3. The molecule has 7 heteroatoms. The third-order valence-corrected chi connectivity index (χ3v) is 3.35. The molecular formula is C11H11BrClN3O2. The molecule has 1 aromatic heterocycles. The van der Waals surface area contributed by atoms with E-state index in [1.807, 2.05) is 12.1 Å². The van der Waals surface area contributed by atoms with E-state index in [9.17, 15) is 4.79 Å². The van der Waals surface area contributed by atoms with Crippen LogP contribution in [0, 0.1) is 0 Å². The maximum Gasteiger partial charge on any atom is 0.348 e. The van der Waals surface area contributed by atoms with Crippen LogP contribution >= 0.6 is 27.5 Å². The zero-order chi connectivity index (χ0) is 13.3. The van der Waals surface area contributed by atoms with Crippen molar-refractivity contribution in [3.05, 3.63) is 43.7 Å². The van der Waals surface area contributed by atoms with Gasteiger partial charge in [-0.3, -0.25) is 0 Å². The van der Waals surface area contributed by atoms with Gasteiger partial charge in [-0.15, -0.1) is 5.10 Å². The standard InChI is InChI=1S/C11H11BrClN3O2/c1-15-11(17)16(10(14-15)18-2)6-7-5-8(12)3-4-9(7)13/h3-5H,6H2,1-2H3. The second kappa shape index (κ2) is 5.16. The Kier molecular flexibility index (Phi) is 3.77. The van der Waals surface area contributed by atoms with Crippen LogP contribution in [-0.4, -0.2) is 21.5 Å². The summed E-state index contributed by atoms with van der Waals surface area (Å²) in [5.41, 5.74) is 0.572. The Morgan fingerprint density at radius 3 is 2.89 bits per heavy atom. The number of benzene rings is 1. The molecule has 0 unspecified atom stereocenters. The Labute approximate surface area is 117 Å². The number of nitrogens with zero attached hydrogens (tertiary/aromatic N) is 3. The lowest BCUT2D eigenvalue weighted by Crippen LogP contribution is -2.23. The molecule has 0 aliphatic carbocycles. The topological polar surface area (TPSA) is 49.1 Å². The van der Waals surface area contributed by atoms with Gasteiger partial charge in [-0.1, -0.05) is 27.5 Å². The largest absolute Gasteiger partial charge is 0.467 e. The summed E-state index contributed by atoms with van der Waals surface area (Å²) in [6.45, 7) is 0.314. The van der Waals surface area contributed by atoms with Crippen LogP contribution < -0.4 is 10.4 Å². The van der Waals surface area contributed by atoms with Crippen molar-refractivity contribution >= 4 is 27.5 Å². The highest BCUT2D eigenvalue weighted by Crippen LogP contribution is 2.22. The molecule has 0 amide bonds. The number of methoxy groups -OCH3 is 1. The number of halogens is 2. The highest BCUT2D eigenvalue weighted by atomic mass is 79.9. The van der Waals surface area contributed by atoms with E-state index in [1.54, 1.807) is 13.1 Å². The fourth-order valence-corrected chi connectivity index (χ4v) is 2.19. The average Bonchev–Trinajstić information content (AvgIpc) is 2.61. The minimum atomic E-state index is -0.247. The molecule has 0 fully saturated rings. The van der Waals surface area contributed by atoms with Crippen molar-refractivity contribution in [1.82, 2.24) is 14.3 Å². The van der Waals surface area contributed by atoms with Gasteiger partial charge in [0.1, 0.15) is 0 Å². The van der Waals surface area contributed by atoms with E-state index in [1.165, 1.54) is 16.4 Å². The number of aromatic nitrogens is 3. The van der Waals surface area contributed by atoms with Crippen LogP contribution in [0.25, 0.3) is 0 Å². The van der Waals surface area contributed by atoms with E-state index in [-0.39, 0.29) is 11.7 Å². The predicted molar refractivity (Wildman–Crippen MR) is 72.3 cm³/mol. The summed E-state index contributed by atoms with van der Waals surface area (Å²) in [6, 6.07) is 5.74. The van der Waals surface area contributed by atoms with Gasteiger partial charge in [0.15, 0.2) is 0 Å². The minimum absolute atomic E-state index is 0.247. The molecule has 18 heavy (non-hydrogen) atoms. The van der Waals surface area contributed by atoms with Gasteiger partial charge in [-0.2, -0.15) is 0 Å². The van der Waals surface area contributed by atoms with E-state index in [2.05, 4.69) is 21.0 Å². The van der Waals surface area contributed by atoms with Gasteiger partial charge in [0, 0.05) is 16.5 Å². The minimum Gasteiger partial charge on any atom is -0.467 e. The summed E-state index contributed by atoms with van der Waals surface area (Å²) in [5.74, 6) is 0. The molecule has 96 valence electrons. The lowest BCUT2D eigenvalue weighted by Gasteiger charge is -2.06.